The molecule has 1 aliphatic carbocycles. The summed E-state index contributed by atoms with van der Waals surface area (Å²) in [5, 5.41) is 12.4. The van der Waals surface area contributed by atoms with Crippen LogP contribution in [-0.2, 0) is 0 Å². The first-order chi connectivity index (χ1) is 7.54. The Balaban J connectivity index is 2.59. The lowest BCUT2D eigenvalue weighted by atomic mass is 9.94. The Labute approximate surface area is 95.4 Å². The molecule has 16 heavy (non-hydrogen) atoms. The van der Waals surface area contributed by atoms with E-state index in [9.17, 15) is 14.0 Å². The summed E-state index contributed by atoms with van der Waals surface area (Å²) in [5.74, 6) is 0.317. The van der Waals surface area contributed by atoms with E-state index in [-0.39, 0.29) is 6.54 Å². The minimum absolute atomic E-state index is 0.276. The molecule has 0 amide bonds. The first-order valence-electron chi connectivity index (χ1n) is 5.67. The largest absolute Gasteiger partial charge is 0.298 e. The molecule has 5 heteroatoms. The maximum Gasteiger partial charge on any atom is 0.251 e. The summed E-state index contributed by atoms with van der Waals surface area (Å²) in [5.41, 5.74) is -0.640. The highest BCUT2D eigenvalue weighted by molar-refractivity contribution is 5.16. The van der Waals surface area contributed by atoms with Crippen molar-refractivity contribution in [3.8, 4) is 6.07 Å². The topological polar surface area (TPSA) is 39.1 Å². The molecule has 0 aromatic rings. The molecular weight excluding hydrogens is 212 g/mol. The molecule has 0 bridgehead atoms. The molecule has 0 aliphatic heterocycles. The van der Waals surface area contributed by atoms with E-state index in [1.807, 2.05) is 6.92 Å². The molecule has 1 aliphatic rings. The van der Waals surface area contributed by atoms with E-state index < -0.39 is 12.0 Å². The van der Waals surface area contributed by atoms with Gasteiger partial charge in [0.2, 0.25) is 0 Å². The van der Waals surface area contributed by atoms with E-state index in [0.29, 0.717) is 19.0 Å². The smallest absolute Gasteiger partial charge is 0.251 e. The van der Waals surface area contributed by atoms with Crippen molar-refractivity contribution in [1.29, 1.82) is 5.26 Å². The van der Waals surface area contributed by atoms with Crippen molar-refractivity contribution < 1.29 is 8.78 Å². The van der Waals surface area contributed by atoms with Crippen molar-refractivity contribution >= 4 is 0 Å². The monoisotopic (exact) mass is 231 g/mol. The van der Waals surface area contributed by atoms with Gasteiger partial charge in [0.15, 0.2) is 0 Å². The normalized spacial score (nSPS) is 19.8. The van der Waals surface area contributed by atoms with Gasteiger partial charge >= 0.3 is 0 Å². The highest BCUT2D eigenvalue weighted by atomic mass is 19.3. The standard InChI is InChI=1S/C11H19F2N3/c1-3-15-11(7-14,9-4-5-9)8-16(2)6-10(12)13/h9-10,15H,3-6,8H2,1-2H3. The zero-order valence-electron chi connectivity index (χ0n) is 9.84. The molecule has 92 valence electrons. The molecule has 1 rings (SSSR count). The molecule has 1 fully saturated rings. The summed E-state index contributed by atoms with van der Waals surface area (Å²) in [6.45, 7) is 2.71. The van der Waals surface area contributed by atoms with Crippen molar-refractivity contribution in [3.63, 3.8) is 0 Å². The van der Waals surface area contributed by atoms with Gasteiger partial charge in [0.05, 0.1) is 12.6 Å². The Morgan fingerprint density at radius 2 is 2.19 bits per heavy atom. The summed E-state index contributed by atoms with van der Waals surface area (Å²) in [6.07, 6.45) is -0.311. The highest BCUT2D eigenvalue weighted by Gasteiger charge is 2.45. The minimum atomic E-state index is -2.35. The molecule has 0 heterocycles. The second-order valence-electron chi connectivity index (χ2n) is 4.48. The third kappa shape index (κ3) is 3.39. The van der Waals surface area contributed by atoms with Gasteiger partial charge in [-0.15, -0.1) is 0 Å². The zero-order valence-corrected chi connectivity index (χ0v) is 9.84. The number of alkyl halides is 2. The van der Waals surface area contributed by atoms with Gasteiger partial charge in [0.1, 0.15) is 5.54 Å². The van der Waals surface area contributed by atoms with Crippen molar-refractivity contribution in [2.45, 2.75) is 31.7 Å². The number of hydrogen-bond donors (Lipinski definition) is 1. The summed E-state index contributed by atoms with van der Waals surface area (Å²) < 4.78 is 24.4. The molecule has 3 nitrogen and oxygen atoms in total. The van der Waals surface area contributed by atoms with Crippen LogP contribution in [0.5, 0.6) is 0 Å². The summed E-state index contributed by atoms with van der Waals surface area (Å²) in [4.78, 5) is 1.54. The zero-order chi connectivity index (χ0) is 12.2. The van der Waals surface area contributed by atoms with E-state index >= 15 is 0 Å². The lowest BCUT2D eigenvalue weighted by molar-refractivity contribution is 0.0883. The third-order valence-electron chi connectivity index (χ3n) is 2.94. The van der Waals surface area contributed by atoms with Gasteiger partial charge in [0.25, 0.3) is 6.43 Å². The molecular formula is C11H19F2N3. The maximum atomic E-state index is 12.2. The third-order valence-corrected chi connectivity index (χ3v) is 2.94. The second kappa shape index (κ2) is 5.55. The predicted octanol–water partition coefficient (Wildman–Crippen LogP) is 1.47. The van der Waals surface area contributed by atoms with Crippen LogP contribution in [0, 0.1) is 17.2 Å². The number of nitriles is 1. The fourth-order valence-electron chi connectivity index (χ4n) is 2.11. The fraction of sp³-hybridized carbons (Fsp3) is 0.909. The number of nitrogens with one attached hydrogen (secondary N) is 1. The van der Waals surface area contributed by atoms with E-state index in [2.05, 4.69) is 11.4 Å². The number of hydrogen-bond acceptors (Lipinski definition) is 3. The van der Waals surface area contributed by atoms with Crippen LogP contribution in [0.3, 0.4) is 0 Å². The van der Waals surface area contributed by atoms with E-state index in [0.717, 1.165) is 12.8 Å². The van der Waals surface area contributed by atoms with Crippen molar-refractivity contribution in [2.75, 3.05) is 26.7 Å². The molecule has 0 aromatic heterocycles. The van der Waals surface area contributed by atoms with Crippen LogP contribution < -0.4 is 5.32 Å². The maximum absolute atomic E-state index is 12.2. The van der Waals surface area contributed by atoms with Gasteiger partial charge in [0, 0.05) is 6.54 Å². The van der Waals surface area contributed by atoms with Crippen molar-refractivity contribution in [2.24, 2.45) is 5.92 Å². The summed E-state index contributed by atoms with van der Waals surface area (Å²) in [6, 6.07) is 2.28. The lowest BCUT2D eigenvalue weighted by Crippen LogP contribution is -2.54. The average molecular weight is 231 g/mol. The van der Waals surface area contributed by atoms with Gasteiger partial charge in [-0.1, -0.05) is 6.92 Å². The highest BCUT2D eigenvalue weighted by Crippen LogP contribution is 2.39. The number of likely N-dealkylation sites (N-methyl/N-ethyl adjacent to an activating group) is 2. The molecule has 0 radical (unpaired) electrons. The van der Waals surface area contributed by atoms with Crippen molar-refractivity contribution in [3.05, 3.63) is 0 Å². The van der Waals surface area contributed by atoms with Gasteiger partial charge in [-0.05, 0) is 32.4 Å². The van der Waals surface area contributed by atoms with E-state index in [4.69, 9.17) is 0 Å². The summed E-state index contributed by atoms with van der Waals surface area (Å²) >= 11 is 0. The van der Waals surface area contributed by atoms with Crippen LogP contribution in [0.1, 0.15) is 19.8 Å². The lowest BCUT2D eigenvalue weighted by Gasteiger charge is -2.32. The van der Waals surface area contributed by atoms with Crippen LogP contribution >= 0.6 is 0 Å². The predicted molar refractivity (Wildman–Crippen MR) is 58.2 cm³/mol. The first-order valence-corrected chi connectivity index (χ1v) is 5.67. The molecule has 0 aromatic carbocycles. The molecule has 0 spiro atoms. The Morgan fingerprint density at radius 1 is 1.56 bits per heavy atom. The molecule has 1 N–H and O–H groups in total. The molecule has 1 unspecified atom stereocenters. The fourth-order valence-corrected chi connectivity index (χ4v) is 2.11. The molecule has 1 atom stereocenters. The second-order valence-corrected chi connectivity index (χ2v) is 4.48. The van der Waals surface area contributed by atoms with Crippen molar-refractivity contribution in [1.82, 2.24) is 10.2 Å². The van der Waals surface area contributed by atoms with Crippen LogP contribution in [0.15, 0.2) is 0 Å². The average Bonchev–Trinajstić information content (AvgIpc) is 2.98. The number of rotatable bonds is 7. The Bertz CT molecular complexity index is 260. The Morgan fingerprint density at radius 3 is 2.56 bits per heavy atom. The molecule has 1 saturated carbocycles. The van der Waals surface area contributed by atoms with E-state index in [1.165, 1.54) is 4.90 Å². The Kier molecular flexibility index (Phi) is 4.63. The van der Waals surface area contributed by atoms with E-state index in [1.54, 1.807) is 7.05 Å². The summed E-state index contributed by atoms with van der Waals surface area (Å²) in [7, 11) is 1.64. The Hall–Kier alpha value is -0.730. The molecule has 0 saturated heterocycles. The quantitative estimate of drug-likeness (QED) is 0.721. The van der Waals surface area contributed by atoms with Crippen LogP contribution in [0.2, 0.25) is 0 Å². The van der Waals surface area contributed by atoms with Gasteiger partial charge in [-0.2, -0.15) is 5.26 Å². The van der Waals surface area contributed by atoms with Gasteiger partial charge < -0.3 is 0 Å². The van der Waals surface area contributed by atoms with Crippen LogP contribution in [-0.4, -0.2) is 43.5 Å². The number of nitrogens with zero attached hydrogens (tertiary/aromatic N) is 2. The van der Waals surface area contributed by atoms with Gasteiger partial charge in [-0.3, -0.25) is 10.2 Å². The van der Waals surface area contributed by atoms with Crippen LogP contribution in [0.25, 0.3) is 0 Å². The number of halogens is 2. The van der Waals surface area contributed by atoms with Crippen LogP contribution in [0.4, 0.5) is 8.78 Å². The minimum Gasteiger partial charge on any atom is -0.298 e. The SMILES string of the molecule is CCNC(C#N)(CN(C)CC(F)F)C1CC1. The first kappa shape index (κ1) is 13.3. The van der Waals surface area contributed by atoms with Gasteiger partial charge in [-0.25, -0.2) is 8.78 Å².